The van der Waals surface area contributed by atoms with Crippen LogP contribution in [0.2, 0.25) is 5.02 Å². The zero-order valence-corrected chi connectivity index (χ0v) is 35.1. The molecule has 322 valence electrons. The minimum atomic E-state index is -4.98. The van der Waals surface area contributed by atoms with Crippen molar-refractivity contribution in [1.29, 1.82) is 0 Å². The van der Waals surface area contributed by atoms with Gasteiger partial charge >= 0.3 is 12.1 Å². The van der Waals surface area contributed by atoms with Crippen LogP contribution in [0.25, 0.3) is 10.9 Å². The van der Waals surface area contributed by atoms with Crippen molar-refractivity contribution in [2.24, 2.45) is 17.8 Å². The van der Waals surface area contributed by atoms with Gasteiger partial charge in [0.2, 0.25) is 21.8 Å². The highest BCUT2D eigenvalue weighted by Crippen LogP contribution is 2.51. The molecule has 1 aromatic heterocycles. The van der Waals surface area contributed by atoms with Crippen molar-refractivity contribution in [2.75, 3.05) is 20.3 Å². The summed E-state index contributed by atoms with van der Waals surface area (Å²) in [6.45, 7) is 5.10. The summed E-state index contributed by atoms with van der Waals surface area (Å²) in [6, 6.07) is 1.53. The molecule has 3 amide bonds. The van der Waals surface area contributed by atoms with E-state index in [9.17, 15) is 40.8 Å². The van der Waals surface area contributed by atoms with Gasteiger partial charge in [-0.1, -0.05) is 50.4 Å². The second-order valence-electron chi connectivity index (χ2n) is 17.4. The number of aromatic nitrogens is 1. The van der Waals surface area contributed by atoms with E-state index in [1.54, 1.807) is 6.08 Å². The summed E-state index contributed by atoms with van der Waals surface area (Å²) in [7, 11) is -2.70. The lowest BCUT2D eigenvalue weighted by Crippen LogP contribution is -2.57. The van der Waals surface area contributed by atoms with E-state index in [0.29, 0.717) is 43.2 Å². The summed E-state index contributed by atoms with van der Waals surface area (Å²) in [5.41, 5.74) is -4.41. The molecule has 2 aromatic rings. The normalized spacial score (nSPS) is 28.6. The first-order valence-electron chi connectivity index (χ1n) is 20.2. The Morgan fingerprint density at radius 3 is 2.56 bits per heavy atom. The molecule has 2 saturated carbocycles. The smallest absolute Gasteiger partial charge is 0.437 e. The first-order chi connectivity index (χ1) is 27.7. The predicted molar refractivity (Wildman–Crippen MR) is 210 cm³/mol. The van der Waals surface area contributed by atoms with E-state index in [1.165, 1.54) is 31.1 Å². The first kappa shape index (κ1) is 43.0. The molecule has 1 saturated heterocycles. The van der Waals surface area contributed by atoms with Crippen LogP contribution in [-0.2, 0) is 46.5 Å². The molecule has 0 bridgehead atoms. The maximum atomic E-state index is 14.8. The number of nitrogens with one attached hydrogen (secondary N) is 2. The van der Waals surface area contributed by atoms with Crippen molar-refractivity contribution in [2.45, 2.75) is 126 Å². The topological polar surface area (TPSA) is 170 Å². The molecule has 18 heteroatoms. The van der Waals surface area contributed by atoms with Crippen LogP contribution in [0.5, 0.6) is 11.5 Å². The lowest BCUT2D eigenvalue weighted by atomic mass is 9.87. The number of alkyl halides is 3. The van der Waals surface area contributed by atoms with Crippen LogP contribution in [0.3, 0.4) is 0 Å². The van der Waals surface area contributed by atoms with Gasteiger partial charge in [-0.25, -0.2) is 13.4 Å². The van der Waals surface area contributed by atoms with Crippen LogP contribution in [0.4, 0.5) is 13.2 Å². The minimum absolute atomic E-state index is 0.0259. The van der Waals surface area contributed by atoms with Gasteiger partial charge in [-0.2, -0.15) is 13.2 Å². The number of pyridine rings is 1. The van der Waals surface area contributed by atoms with Crippen molar-refractivity contribution in [1.82, 2.24) is 19.9 Å². The number of rotatable bonds is 8. The summed E-state index contributed by atoms with van der Waals surface area (Å²) >= 11 is 6.41. The van der Waals surface area contributed by atoms with Gasteiger partial charge in [0, 0.05) is 35.3 Å². The molecule has 1 spiro atoms. The van der Waals surface area contributed by atoms with Crippen molar-refractivity contribution in [3.05, 3.63) is 40.6 Å². The third kappa shape index (κ3) is 8.47. The molecular formula is C41H50ClF3N4O9S. The average Bonchev–Trinajstić information content (AvgIpc) is 4.06. The molecule has 4 heterocycles. The van der Waals surface area contributed by atoms with Gasteiger partial charge in [0.05, 0.1) is 42.0 Å². The lowest BCUT2D eigenvalue weighted by Gasteiger charge is -2.37. The second-order valence-corrected chi connectivity index (χ2v) is 20.0. The van der Waals surface area contributed by atoms with Crippen LogP contribution in [-0.4, -0.2) is 84.2 Å². The molecule has 59 heavy (non-hydrogen) atoms. The van der Waals surface area contributed by atoms with Crippen molar-refractivity contribution >= 4 is 56.2 Å². The summed E-state index contributed by atoms with van der Waals surface area (Å²) < 4.78 is 89.2. The largest absolute Gasteiger partial charge is 0.497 e. The molecule has 13 nitrogen and oxygen atoms in total. The number of sulfonamides is 1. The van der Waals surface area contributed by atoms with Gasteiger partial charge in [0.15, 0.2) is 11.4 Å². The summed E-state index contributed by atoms with van der Waals surface area (Å²) in [4.78, 5) is 61.7. The molecule has 7 rings (SSSR count). The van der Waals surface area contributed by atoms with Gasteiger partial charge in [0.1, 0.15) is 22.9 Å². The number of carbonyl (C=O) groups excluding carboxylic acids is 4. The third-order valence-electron chi connectivity index (χ3n) is 12.4. The molecule has 0 radical (unpaired) electrons. The van der Waals surface area contributed by atoms with E-state index >= 15 is 0 Å². The zero-order valence-electron chi connectivity index (χ0n) is 33.5. The van der Waals surface area contributed by atoms with Gasteiger partial charge in [-0.15, -0.1) is 0 Å². The number of methoxy groups -OCH3 is 1. The van der Waals surface area contributed by atoms with Crippen LogP contribution in [0.1, 0.15) is 103 Å². The molecule has 3 aliphatic heterocycles. The number of ether oxygens (including phenoxy) is 3. The van der Waals surface area contributed by atoms with E-state index in [-0.39, 0.29) is 73.7 Å². The Labute approximate surface area is 346 Å². The van der Waals surface area contributed by atoms with Gasteiger partial charge < -0.3 is 24.4 Å². The van der Waals surface area contributed by atoms with Gasteiger partial charge in [-0.05, 0) is 70.3 Å². The van der Waals surface area contributed by atoms with E-state index in [0.717, 1.165) is 6.42 Å². The molecular weight excluding hydrogens is 817 g/mol. The maximum Gasteiger partial charge on any atom is 0.437 e. The number of amides is 3. The number of fused-ring (bicyclic) bond motifs is 5. The van der Waals surface area contributed by atoms with Crippen LogP contribution >= 0.6 is 11.6 Å². The number of nitrogens with zero attached hydrogens (tertiary/aromatic N) is 2. The Morgan fingerprint density at radius 1 is 1.14 bits per heavy atom. The molecule has 2 aliphatic carbocycles. The van der Waals surface area contributed by atoms with Gasteiger partial charge in [-0.3, -0.25) is 23.9 Å². The van der Waals surface area contributed by atoms with Crippen molar-refractivity contribution < 1.29 is 55.0 Å². The highest BCUT2D eigenvalue weighted by molar-refractivity contribution is 7.91. The monoisotopic (exact) mass is 866 g/mol. The highest BCUT2D eigenvalue weighted by atomic mass is 35.5. The number of carbonyl (C=O) groups is 4. The molecule has 3 fully saturated rings. The second kappa shape index (κ2) is 15.7. The predicted octanol–water partition coefficient (Wildman–Crippen LogP) is 6.18. The van der Waals surface area contributed by atoms with Crippen LogP contribution < -0.4 is 19.5 Å². The lowest BCUT2D eigenvalue weighted by molar-refractivity contribution is -0.151. The number of aryl methyl sites for hydroxylation is 1. The third-order valence-corrected chi connectivity index (χ3v) is 14.9. The van der Waals surface area contributed by atoms with E-state index < -0.39 is 85.1 Å². The summed E-state index contributed by atoms with van der Waals surface area (Å²) in [5.74, 6) is -4.59. The number of halogens is 4. The van der Waals surface area contributed by atoms with Crippen LogP contribution in [0, 0.1) is 17.8 Å². The van der Waals surface area contributed by atoms with E-state index in [1.807, 2.05) is 19.9 Å². The Bertz CT molecular complexity index is 2200. The first-order valence-corrected chi connectivity index (χ1v) is 22.1. The molecule has 2 N–H and O–H groups in total. The molecule has 1 aromatic carbocycles. The summed E-state index contributed by atoms with van der Waals surface area (Å²) in [6.07, 6.45) is 1.98. The average molecular weight is 867 g/mol. The van der Waals surface area contributed by atoms with Crippen molar-refractivity contribution in [3.8, 4) is 11.5 Å². The standard InChI is InChI=1S/C41H50ClF3N4O9S/c1-23(2)21-57-31(50)16-24-10-8-6-5-7-9-11-25-19-40(25,37(53)48-59(54,55)38(3)14-15-38)47-35(51)30-20-39(22-49(30)36(24)52)13-12-27-28-17-26(56-4)18-29(42)32(28)46-34(33(27)58-39)41(43,44)45/h9,11,17-18,23-25,30H,5-8,10,12-16,19-22H2,1-4H3,(H,47,51)(H,48,53)/b11-9-/t24-,25-,30+,39-,40-/m1/s1. The van der Waals surface area contributed by atoms with E-state index in [4.69, 9.17) is 25.8 Å². The van der Waals surface area contributed by atoms with E-state index in [2.05, 4.69) is 15.0 Å². The minimum Gasteiger partial charge on any atom is -0.497 e. The Morgan fingerprint density at radius 2 is 1.88 bits per heavy atom. The summed E-state index contributed by atoms with van der Waals surface area (Å²) in [5, 5.41) is 3.05. The number of hydrogen-bond acceptors (Lipinski definition) is 10. The SMILES string of the molecule is COc1cc(Cl)c2nc(C(F)(F)F)c3c(c2c1)CC[C@]1(C[C@H]2C(=O)N[C@]4(C(=O)NS(=O)(=O)C5(C)CC5)C[C@H]4/C=C\CCCCC[C@H](CC(=O)OCC(C)C)C(=O)N2C1)O3. The van der Waals surface area contributed by atoms with Crippen molar-refractivity contribution in [3.63, 3.8) is 0 Å². The highest BCUT2D eigenvalue weighted by Gasteiger charge is 2.64. The molecule has 0 unspecified atom stereocenters. The Kier molecular flexibility index (Phi) is 11.5. The number of benzene rings is 1. The van der Waals surface area contributed by atoms with Crippen LogP contribution in [0.15, 0.2) is 24.3 Å². The Hall–Kier alpha value is -4.12. The quantitative estimate of drug-likeness (QED) is 0.231. The Balaban J connectivity index is 1.27. The van der Waals surface area contributed by atoms with Gasteiger partial charge in [0.25, 0.3) is 5.91 Å². The maximum absolute atomic E-state index is 14.8. The fourth-order valence-corrected chi connectivity index (χ4v) is 10.1. The molecule has 5 atom stereocenters. The number of hydrogen-bond donors (Lipinski definition) is 2. The number of allylic oxidation sites excluding steroid dienone is 1. The molecule has 5 aliphatic rings. The fourth-order valence-electron chi connectivity index (χ4n) is 8.53. The zero-order chi connectivity index (χ0) is 42.7. The fraction of sp³-hybridized carbons (Fsp3) is 0.634. The number of esters is 1.